The van der Waals surface area contributed by atoms with E-state index in [1.165, 1.54) is 30.0 Å². The fourth-order valence-electron chi connectivity index (χ4n) is 3.09. The number of hydrogen-bond acceptors (Lipinski definition) is 6. The monoisotopic (exact) mass is 496 g/mol. The summed E-state index contributed by atoms with van der Waals surface area (Å²) in [6.07, 6.45) is 0.894. The van der Waals surface area contributed by atoms with Crippen molar-refractivity contribution in [1.29, 1.82) is 0 Å². The second-order valence-corrected chi connectivity index (χ2v) is 9.54. The molecular weight excluding hydrogens is 472 g/mol. The molecule has 2 rings (SSSR count). The van der Waals surface area contributed by atoms with Gasteiger partial charge in [-0.3, -0.25) is 24.0 Å². The van der Waals surface area contributed by atoms with Gasteiger partial charge in [-0.1, -0.05) is 35.9 Å². The molecule has 0 fully saturated rings. The number of nitrogens with zero attached hydrogens (tertiary/aromatic N) is 3. The number of rotatable bonds is 10. The zero-order chi connectivity index (χ0) is 24.8. The van der Waals surface area contributed by atoms with Gasteiger partial charge in [-0.05, 0) is 31.5 Å². The number of carbonyl (C=O) groups excluding carboxylic acids is 2. The highest BCUT2D eigenvalue weighted by Gasteiger charge is 2.30. The van der Waals surface area contributed by atoms with Gasteiger partial charge in [0.25, 0.3) is 5.69 Å². The van der Waals surface area contributed by atoms with Gasteiger partial charge in [0.15, 0.2) is 0 Å². The van der Waals surface area contributed by atoms with Crippen LogP contribution in [0.5, 0.6) is 0 Å². The van der Waals surface area contributed by atoms with Gasteiger partial charge >= 0.3 is 0 Å². The Labute approximate surface area is 197 Å². The molecule has 0 aliphatic rings. The Morgan fingerprint density at radius 3 is 2.42 bits per heavy atom. The van der Waals surface area contributed by atoms with Crippen molar-refractivity contribution >= 4 is 44.8 Å². The molecular formula is C21H25ClN4O6S. The van der Waals surface area contributed by atoms with Crippen molar-refractivity contribution < 1.29 is 22.9 Å². The molecule has 0 saturated carbocycles. The van der Waals surface area contributed by atoms with Gasteiger partial charge in [0.2, 0.25) is 21.8 Å². The van der Waals surface area contributed by atoms with Crippen molar-refractivity contribution in [2.24, 2.45) is 0 Å². The quantitative estimate of drug-likeness (QED) is 0.397. The number of benzene rings is 2. The number of halogens is 1. The lowest BCUT2D eigenvalue weighted by Crippen LogP contribution is -2.51. The maximum absolute atomic E-state index is 13.3. The number of anilines is 1. The molecule has 0 aliphatic carbocycles. The fourth-order valence-corrected chi connectivity index (χ4v) is 4.13. The van der Waals surface area contributed by atoms with Crippen LogP contribution in [-0.4, -0.2) is 55.4 Å². The van der Waals surface area contributed by atoms with Crippen LogP contribution in [0.2, 0.25) is 5.02 Å². The summed E-state index contributed by atoms with van der Waals surface area (Å²) in [6, 6.07) is 10.8. The Hall–Kier alpha value is -3.18. The van der Waals surface area contributed by atoms with Gasteiger partial charge < -0.3 is 10.2 Å². The summed E-state index contributed by atoms with van der Waals surface area (Å²) in [5.74, 6) is -1.09. The number of sulfonamides is 1. The zero-order valence-electron chi connectivity index (χ0n) is 18.4. The van der Waals surface area contributed by atoms with Crippen LogP contribution in [0.4, 0.5) is 11.4 Å². The Morgan fingerprint density at radius 1 is 1.18 bits per heavy atom. The van der Waals surface area contributed by atoms with Crippen LogP contribution in [0.25, 0.3) is 0 Å². The third-order valence-corrected chi connectivity index (χ3v) is 6.33. The molecule has 1 atom stereocenters. The van der Waals surface area contributed by atoms with Crippen LogP contribution in [0.1, 0.15) is 19.4 Å². The van der Waals surface area contributed by atoms with Gasteiger partial charge in [-0.25, -0.2) is 8.42 Å². The minimum atomic E-state index is -3.99. The minimum Gasteiger partial charge on any atom is -0.355 e. The van der Waals surface area contributed by atoms with E-state index in [1.54, 1.807) is 31.2 Å². The van der Waals surface area contributed by atoms with Gasteiger partial charge in [0, 0.05) is 30.2 Å². The van der Waals surface area contributed by atoms with Crippen molar-refractivity contribution in [2.45, 2.75) is 26.4 Å². The molecule has 2 amide bonds. The van der Waals surface area contributed by atoms with E-state index in [0.717, 1.165) is 16.6 Å². The van der Waals surface area contributed by atoms with E-state index in [1.807, 2.05) is 0 Å². The lowest BCUT2D eigenvalue weighted by Gasteiger charge is -2.31. The molecule has 2 aromatic rings. The molecule has 12 heteroatoms. The van der Waals surface area contributed by atoms with E-state index < -0.39 is 39.3 Å². The number of likely N-dealkylation sites (N-methyl/N-ethyl adjacent to an activating group) is 1. The first-order valence-corrected chi connectivity index (χ1v) is 12.2. The first-order valence-electron chi connectivity index (χ1n) is 9.98. The molecule has 0 saturated heterocycles. The summed E-state index contributed by atoms with van der Waals surface area (Å²) >= 11 is 6.23. The SMILES string of the molecule is CCNC(=O)[C@@H](C)N(Cc1ccccc1Cl)C(=O)CN(c1cccc([N+](=O)[O-])c1)S(C)(=O)=O. The highest BCUT2D eigenvalue weighted by atomic mass is 35.5. The summed E-state index contributed by atoms with van der Waals surface area (Å²) in [7, 11) is -3.99. The molecule has 0 spiro atoms. The zero-order valence-corrected chi connectivity index (χ0v) is 20.0. The molecule has 0 bridgehead atoms. The number of hydrogen-bond donors (Lipinski definition) is 1. The van der Waals surface area contributed by atoms with E-state index in [4.69, 9.17) is 11.6 Å². The second-order valence-electron chi connectivity index (χ2n) is 7.23. The van der Waals surface area contributed by atoms with E-state index in [9.17, 15) is 28.1 Å². The summed E-state index contributed by atoms with van der Waals surface area (Å²) < 4.78 is 25.7. The van der Waals surface area contributed by atoms with Crippen molar-refractivity contribution in [3.8, 4) is 0 Å². The highest BCUT2D eigenvalue weighted by Crippen LogP contribution is 2.24. The number of non-ortho nitro benzene ring substituents is 1. The van der Waals surface area contributed by atoms with Crippen molar-refractivity contribution in [2.75, 3.05) is 23.7 Å². The van der Waals surface area contributed by atoms with Crippen LogP contribution in [-0.2, 0) is 26.2 Å². The second kappa shape index (κ2) is 11.1. The average Bonchev–Trinajstić information content (AvgIpc) is 2.75. The molecule has 33 heavy (non-hydrogen) atoms. The van der Waals surface area contributed by atoms with Crippen LogP contribution < -0.4 is 9.62 Å². The number of nitro benzene ring substituents is 1. The van der Waals surface area contributed by atoms with Crippen molar-refractivity contribution in [1.82, 2.24) is 10.2 Å². The van der Waals surface area contributed by atoms with Crippen molar-refractivity contribution in [3.63, 3.8) is 0 Å². The third-order valence-electron chi connectivity index (χ3n) is 4.82. The summed E-state index contributed by atoms with van der Waals surface area (Å²) in [6.45, 7) is 2.91. The molecule has 0 aliphatic heterocycles. The Balaban J connectivity index is 2.44. The summed E-state index contributed by atoms with van der Waals surface area (Å²) in [4.78, 5) is 37.5. The predicted molar refractivity (Wildman–Crippen MR) is 125 cm³/mol. The first kappa shape index (κ1) is 26.1. The van der Waals surface area contributed by atoms with E-state index in [0.29, 0.717) is 17.1 Å². The van der Waals surface area contributed by atoms with E-state index >= 15 is 0 Å². The van der Waals surface area contributed by atoms with Crippen molar-refractivity contribution in [3.05, 3.63) is 69.2 Å². The number of nitrogens with one attached hydrogen (secondary N) is 1. The number of nitro groups is 1. The molecule has 0 radical (unpaired) electrons. The molecule has 0 heterocycles. The lowest BCUT2D eigenvalue weighted by atomic mass is 10.1. The predicted octanol–water partition coefficient (Wildman–Crippen LogP) is 2.57. The maximum atomic E-state index is 13.3. The Morgan fingerprint density at radius 2 is 1.85 bits per heavy atom. The standard InChI is InChI=1S/C21H25ClN4O6S/c1-4-23-21(28)15(2)24(13-16-8-5-6-11-19(16)22)20(27)14-25(33(3,31)32)17-9-7-10-18(12-17)26(29)30/h5-12,15H,4,13-14H2,1-3H3,(H,23,28)/t15-/m1/s1. The lowest BCUT2D eigenvalue weighted by molar-refractivity contribution is -0.384. The van der Waals surface area contributed by atoms with Gasteiger partial charge in [0.05, 0.1) is 16.9 Å². The summed E-state index contributed by atoms with van der Waals surface area (Å²) in [5, 5.41) is 14.2. The van der Waals surface area contributed by atoms with Crippen LogP contribution in [0.3, 0.4) is 0 Å². The smallest absolute Gasteiger partial charge is 0.271 e. The van der Waals surface area contributed by atoms with E-state index in [2.05, 4.69) is 5.32 Å². The topological polar surface area (TPSA) is 130 Å². The Bertz CT molecular complexity index is 1140. The van der Waals surface area contributed by atoms with Crippen LogP contribution in [0.15, 0.2) is 48.5 Å². The maximum Gasteiger partial charge on any atom is 0.271 e. The molecule has 10 nitrogen and oxygen atoms in total. The first-order chi connectivity index (χ1) is 15.5. The third kappa shape index (κ3) is 6.90. The normalized spacial score (nSPS) is 12.0. The minimum absolute atomic E-state index is 0.0383. The average molecular weight is 497 g/mol. The molecule has 178 valence electrons. The molecule has 2 aromatic carbocycles. The number of carbonyl (C=O) groups is 2. The summed E-state index contributed by atoms with van der Waals surface area (Å²) in [5.41, 5.74) is 0.213. The van der Waals surface area contributed by atoms with Crippen LogP contribution >= 0.6 is 11.6 Å². The van der Waals surface area contributed by atoms with Gasteiger partial charge in [-0.15, -0.1) is 0 Å². The molecule has 0 unspecified atom stereocenters. The fraction of sp³-hybridized carbons (Fsp3) is 0.333. The Kier molecular flexibility index (Phi) is 8.77. The van der Waals surface area contributed by atoms with Crippen LogP contribution in [0, 0.1) is 10.1 Å². The number of amides is 2. The van der Waals surface area contributed by atoms with Gasteiger partial charge in [0.1, 0.15) is 12.6 Å². The van der Waals surface area contributed by atoms with Gasteiger partial charge in [-0.2, -0.15) is 0 Å². The molecule has 1 N–H and O–H groups in total. The van der Waals surface area contributed by atoms with E-state index in [-0.39, 0.29) is 17.9 Å². The molecule has 0 aromatic heterocycles. The highest BCUT2D eigenvalue weighted by molar-refractivity contribution is 7.92. The largest absolute Gasteiger partial charge is 0.355 e.